The maximum absolute atomic E-state index is 4.96. The second-order valence-corrected chi connectivity index (χ2v) is 1.64. The number of allylic oxidation sites excluding steroid dienone is 4. The summed E-state index contributed by atoms with van der Waals surface area (Å²) >= 11 is 0. The fourth-order valence-corrected chi connectivity index (χ4v) is 0.604. The van der Waals surface area contributed by atoms with Crippen LogP contribution in [0.25, 0.3) is 0 Å². The van der Waals surface area contributed by atoms with Crippen LogP contribution in [0.1, 0.15) is 0 Å². The maximum atomic E-state index is 4.96. The summed E-state index contributed by atoms with van der Waals surface area (Å²) in [5.41, 5.74) is 0.859. The van der Waals surface area contributed by atoms with E-state index in [-0.39, 0.29) is 0 Å². The SMILES string of the molecule is C=CC(C=C)=C(C=C)OC. The minimum Gasteiger partial charge on any atom is -0.496 e. The van der Waals surface area contributed by atoms with Gasteiger partial charge in [0, 0.05) is 5.57 Å². The van der Waals surface area contributed by atoms with Crippen LogP contribution >= 0.6 is 0 Å². The molecule has 0 aliphatic carbocycles. The van der Waals surface area contributed by atoms with E-state index < -0.39 is 0 Å². The van der Waals surface area contributed by atoms with Crippen molar-refractivity contribution in [2.45, 2.75) is 0 Å². The van der Waals surface area contributed by atoms with Crippen molar-refractivity contribution in [1.82, 2.24) is 0 Å². The first-order chi connectivity index (χ1) is 4.79. The van der Waals surface area contributed by atoms with Gasteiger partial charge in [0.25, 0.3) is 0 Å². The third kappa shape index (κ3) is 1.94. The number of hydrogen-bond donors (Lipinski definition) is 0. The highest BCUT2D eigenvalue weighted by Crippen LogP contribution is 2.07. The molecule has 0 amide bonds. The highest BCUT2D eigenvalue weighted by atomic mass is 16.5. The van der Waals surface area contributed by atoms with Crippen LogP contribution in [0.15, 0.2) is 49.3 Å². The van der Waals surface area contributed by atoms with E-state index in [2.05, 4.69) is 19.7 Å². The van der Waals surface area contributed by atoms with Gasteiger partial charge in [0.05, 0.1) is 7.11 Å². The molecule has 0 atom stereocenters. The highest BCUT2D eigenvalue weighted by Gasteiger charge is 1.92. The van der Waals surface area contributed by atoms with Crippen molar-refractivity contribution in [2.24, 2.45) is 0 Å². The van der Waals surface area contributed by atoms with Crippen LogP contribution in [0.4, 0.5) is 0 Å². The second-order valence-electron chi connectivity index (χ2n) is 1.64. The second kappa shape index (κ2) is 4.62. The van der Waals surface area contributed by atoms with Gasteiger partial charge in [-0.05, 0) is 6.08 Å². The average Bonchev–Trinajstić information content (AvgIpc) is 2.00. The summed E-state index contributed by atoms with van der Waals surface area (Å²) in [6.07, 6.45) is 4.97. The largest absolute Gasteiger partial charge is 0.496 e. The highest BCUT2D eigenvalue weighted by molar-refractivity contribution is 5.34. The number of rotatable bonds is 4. The molecule has 0 radical (unpaired) electrons. The van der Waals surface area contributed by atoms with Gasteiger partial charge in [-0.1, -0.05) is 31.9 Å². The molecule has 0 aromatic rings. The van der Waals surface area contributed by atoms with Crippen LogP contribution < -0.4 is 0 Å². The van der Waals surface area contributed by atoms with E-state index in [4.69, 9.17) is 4.74 Å². The first-order valence-electron chi connectivity index (χ1n) is 2.95. The summed E-state index contributed by atoms with van der Waals surface area (Å²) in [6, 6.07) is 0. The summed E-state index contributed by atoms with van der Waals surface area (Å²) in [4.78, 5) is 0. The lowest BCUT2D eigenvalue weighted by molar-refractivity contribution is 0.305. The van der Waals surface area contributed by atoms with Crippen LogP contribution in [0.5, 0.6) is 0 Å². The van der Waals surface area contributed by atoms with Gasteiger partial charge >= 0.3 is 0 Å². The Morgan fingerprint density at radius 1 is 1.10 bits per heavy atom. The van der Waals surface area contributed by atoms with Gasteiger partial charge in [0.15, 0.2) is 0 Å². The summed E-state index contributed by atoms with van der Waals surface area (Å²) < 4.78 is 4.96. The van der Waals surface area contributed by atoms with Gasteiger partial charge in [-0.25, -0.2) is 0 Å². The fraction of sp³-hybridized carbons (Fsp3) is 0.111. The zero-order valence-corrected chi connectivity index (χ0v) is 6.26. The van der Waals surface area contributed by atoms with Crippen LogP contribution in [0.3, 0.4) is 0 Å². The van der Waals surface area contributed by atoms with E-state index in [0.29, 0.717) is 5.76 Å². The Morgan fingerprint density at radius 3 is 1.70 bits per heavy atom. The van der Waals surface area contributed by atoms with Crippen molar-refractivity contribution in [3.8, 4) is 0 Å². The van der Waals surface area contributed by atoms with Gasteiger partial charge in [-0.15, -0.1) is 0 Å². The Morgan fingerprint density at radius 2 is 1.60 bits per heavy atom. The molecule has 0 unspecified atom stereocenters. The van der Waals surface area contributed by atoms with Crippen LogP contribution in [0, 0.1) is 0 Å². The molecule has 0 aliphatic rings. The van der Waals surface area contributed by atoms with Crippen molar-refractivity contribution in [2.75, 3.05) is 7.11 Å². The molecule has 0 aliphatic heterocycles. The van der Waals surface area contributed by atoms with E-state index >= 15 is 0 Å². The Hall–Kier alpha value is -1.24. The fourth-order valence-electron chi connectivity index (χ4n) is 0.604. The molecular weight excluding hydrogens is 124 g/mol. The van der Waals surface area contributed by atoms with Gasteiger partial charge < -0.3 is 4.74 Å². The van der Waals surface area contributed by atoms with Crippen molar-refractivity contribution in [1.29, 1.82) is 0 Å². The molecule has 10 heavy (non-hydrogen) atoms. The standard InChI is InChI=1S/C9H12O/c1-5-8(6-2)9(7-3)10-4/h5-7H,1-3H2,4H3. The average molecular weight is 136 g/mol. The summed E-state index contributed by atoms with van der Waals surface area (Å²) in [6.45, 7) is 10.8. The number of hydrogen-bond acceptors (Lipinski definition) is 1. The molecule has 0 aromatic carbocycles. The molecule has 1 heteroatoms. The molecule has 0 saturated heterocycles. The Bertz CT molecular complexity index is 165. The van der Waals surface area contributed by atoms with Crippen molar-refractivity contribution >= 4 is 0 Å². The zero-order chi connectivity index (χ0) is 7.98. The van der Waals surface area contributed by atoms with Crippen molar-refractivity contribution in [3.63, 3.8) is 0 Å². The Kier molecular flexibility index (Phi) is 4.05. The third-order valence-corrected chi connectivity index (χ3v) is 1.13. The first kappa shape index (κ1) is 8.76. The van der Waals surface area contributed by atoms with E-state index in [1.807, 2.05) is 0 Å². The molecular formula is C9H12O. The van der Waals surface area contributed by atoms with Gasteiger partial charge in [-0.2, -0.15) is 0 Å². The van der Waals surface area contributed by atoms with E-state index in [1.54, 1.807) is 25.3 Å². The maximum Gasteiger partial charge on any atom is 0.125 e. The smallest absolute Gasteiger partial charge is 0.125 e. The minimum atomic E-state index is 0.699. The predicted molar refractivity (Wildman–Crippen MR) is 44.6 cm³/mol. The molecule has 0 spiro atoms. The van der Waals surface area contributed by atoms with Crippen molar-refractivity contribution < 1.29 is 4.74 Å². The van der Waals surface area contributed by atoms with E-state index in [9.17, 15) is 0 Å². The summed E-state index contributed by atoms with van der Waals surface area (Å²) in [7, 11) is 1.59. The molecule has 0 saturated carbocycles. The first-order valence-corrected chi connectivity index (χ1v) is 2.95. The Labute approximate surface area is 62.0 Å². The lowest BCUT2D eigenvalue weighted by Gasteiger charge is -2.01. The molecule has 0 rings (SSSR count). The van der Waals surface area contributed by atoms with E-state index in [1.165, 1.54) is 0 Å². The van der Waals surface area contributed by atoms with Crippen molar-refractivity contribution in [3.05, 3.63) is 49.3 Å². The topological polar surface area (TPSA) is 9.23 Å². The molecule has 0 bridgehead atoms. The van der Waals surface area contributed by atoms with Crippen LogP contribution in [-0.4, -0.2) is 7.11 Å². The van der Waals surface area contributed by atoms with Gasteiger partial charge in [0.2, 0.25) is 0 Å². The zero-order valence-electron chi connectivity index (χ0n) is 6.26. The molecule has 1 nitrogen and oxygen atoms in total. The third-order valence-electron chi connectivity index (χ3n) is 1.13. The minimum absolute atomic E-state index is 0.699. The lowest BCUT2D eigenvalue weighted by atomic mass is 10.2. The molecule has 0 N–H and O–H groups in total. The summed E-state index contributed by atoms with van der Waals surface area (Å²) in [5, 5.41) is 0. The van der Waals surface area contributed by atoms with Crippen LogP contribution in [-0.2, 0) is 4.74 Å². The molecule has 54 valence electrons. The Balaban J connectivity index is 4.67. The predicted octanol–water partition coefficient (Wildman–Crippen LogP) is 2.44. The quantitative estimate of drug-likeness (QED) is 0.426. The van der Waals surface area contributed by atoms with E-state index in [0.717, 1.165) is 5.57 Å². The van der Waals surface area contributed by atoms with Gasteiger partial charge in [-0.3, -0.25) is 0 Å². The molecule has 0 aromatic heterocycles. The van der Waals surface area contributed by atoms with Gasteiger partial charge in [0.1, 0.15) is 5.76 Å². The molecule has 0 heterocycles. The molecule has 0 fully saturated rings. The monoisotopic (exact) mass is 136 g/mol. The number of methoxy groups -OCH3 is 1. The summed E-state index contributed by atoms with van der Waals surface area (Å²) in [5.74, 6) is 0.699. The number of ether oxygens (including phenoxy) is 1. The normalized spacial score (nSPS) is 7.70. The lowest BCUT2D eigenvalue weighted by Crippen LogP contribution is -1.85. The van der Waals surface area contributed by atoms with Crippen LogP contribution in [0.2, 0.25) is 0 Å².